The minimum absolute atomic E-state index is 0.0204. The summed E-state index contributed by atoms with van der Waals surface area (Å²) in [5.41, 5.74) is 10.4. The predicted octanol–water partition coefficient (Wildman–Crippen LogP) is -2.13. The largest absolute Gasteiger partial charge is 0.462 e. The second-order valence-corrected chi connectivity index (χ2v) is 7.53. The van der Waals surface area contributed by atoms with Gasteiger partial charge in [-0.2, -0.15) is 4.98 Å². The predicted molar refractivity (Wildman–Crippen MR) is 98.6 cm³/mol. The zero-order valence-electron chi connectivity index (χ0n) is 16.0. The van der Waals surface area contributed by atoms with Gasteiger partial charge in [-0.1, -0.05) is 25.2 Å². The van der Waals surface area contributed by atoms with Crippen LogP contribution in [0.4, 0.5) is 5.95 Å². The maximum atomic E-state index is 12.4. The highest BCUT2D eigenvalue weighted by atomic mass is 32.1. The zero-order chi connectivity index (χ0) is 21.7. The molecule has 2 aromatic heterocycles. The number of aliphatic hydroxyl groups is 2. The summed E-state index contributed by atoms with van der Waals surface area (Å²) < 4.78 is 19.2. The van der Waals surface area contributed by atoms with Crippen LogP contribution in [0.3, 0.4) is 0 Å². The van der Waals surface area contributed by atoms with Crippen LogP contribution in [0.25, 0.3) is 10.3 Å². The topological polar surface area (TPSA) is 196 Å². The fourth-order valence-corrected chi connectivity index (χ4v) is 3.58. The number of thiazole rings is 1. The average molecular weight is 416 g/mol. The van der Waals surface area contributed by atoms with E-state index in [1.54, 1.807) is 0 Å². The molecule has 0 radical (unpaired) electrons. The number of aromatic amines is 1. The summed E-state index contributed by atoms with van der Waals surface area (Å²) >= 11 is 0.580. The normalized spacial score (nSPS) is 27.0. The number of rotatable bonds is 5. The van der Waals surface area contributed by atoms with Gasteiger partial charge in [0.2, 0.25) is 5.95 Å². The molecule has 13 heteroatoms. The average Bonchev–Trinajstić information content (AvgIpc) is 3.08. The van der Waals surface area contributed by atoms with Gasteiger partial charge in [0.25, 0.3) is 5.56 Å². The van der Waals surface area contributed by atoms with E-state index in [1.165, 1.54) is 13.8 Å². The van der Waals surface area contributed by atoms with Crippen molar-refractivity contribution in [3.63, 3.8) is 0 Å². The maximum absolute atomic E-state index is 12.4. The van der Waals surface area contributed by atoms with Crippen molar-refractivity contribution in [3.05, 3.63) is 20.0 Å². The van der Waals surface area contributed by atoms with Gasteiger partial charge in [-0.05, 0) is 5.89 Å². The lowest BCUT2D eigenvalue weighted by Crippen LogP contribution is -2.40. The first-order chi connectivity index (χ1) is 13.4. The van der Waals surface area contributed by atoms with Crippen LogP contribution in [0.5, 0.6) is 0 Å². The van der Waals surface area contributed by atoms with Crippen LogP contribution in [0, 0.1) is 5.89 Å². The van der Waals surface area contributed by atoms with Gasteiger partial charge in [-0.25, -0.2) is 0 Å². The van der Waals surface area contributed by atoms with Crippen LogP contribution >= 0.6 is 11.3 Å². The first kappa shape index (κ1) is 19.0. The van der Waals surface area contributed by atoms with Crippen molar-refractivity contribution in [1.29, 1.82) is 0 Å². The molecule has 7 N–H and O–H groups in total. The monoisotopic (exact) mass is 416 g/mol. The van der Waals surface area contributed by atoms with Gasteiger partial charge in [0.15, 0.2) is 11.9 Å². The summed E-state index contributed by atoms with van der Waals surface area (Å²) in [7, 11) is 0. The van der Waals surface area contributed by atoms with Crippen molar-refractivity contribution in [2.24, 2.45) is 11.6 Å². The minimum Gasteiger partial charge on any atom is -0.462 e. The standard InChI is InChI=1S/C15H21N5O7S/c1-4(2)6(16)13(24)26-3-5-7(21)8(22)12(27-5)20-10-9(28-15(20)25)11(23)19-14(17)18-10/h4-8,12,21-22H,3,16H2,1-2H3,(H3,17,18,19,23)/t5-,6+,7-,8-,12?/m1/s1/i4D. The molecule has 1 aliphatic heterocycles. The summed E-state index contributed by atoms with van der Waals surface area (Å²) in [5.74, 6) is -2.40. The Labute approximate surface area is 163 Å². The van der Waals surface area contributed by atoms with Crippen LogP contribution in [0.15, 0.2) is 9.59 Å². The molecule has 154 valence electrons. The van der Waals surface area contributed by atoms with Crippen LogP contribution in [0.1, 0.15) is 21.4 Å². The number of hydrogen-bond donors (Lipinski definition) is 5. The number of carbonyl (C=O) groups is 1. The highest BCUT2D eigenvalue weighted by Crippen LogP contribution is 2.31. The lowest BCUT2D eigenvalue weighted by molar-refractivity contribution is -0.152. The summed E-state index contributed by atoms with van der Waals surface area (Å²) in [5, 5.41) is 20.6. The number of esters is 1. The molecule has 0 bridgehead atoms. The molecule has 0 amide bonds. The molecule has 5 atom stereocenters. The number of nitrogen functional groups attached to an aromatic ring is 1. The molecule has 1 saturated heterocycles. The van der Waals surface area contributed by atoms with Crippen LogP contribution < -0.4 is 21.9 Å². The van der Waals surface area contributed by atoms with Gasteiger partial charge in [0.1, 0.15) is 35.7 Å². The first-order valence-electron chi connectivity index (χ1n) is 8.76. The van der Waals surface area contributed by atoms with E-state index in [9.17, 15) is 24.6 Å². The maximum Gasteiger partial charge on any atom is 0.323 e. The number of hydrogen-bond acceptors (Lipinski definition) is 11. The van der Waals surface area contributed by atoms with Crippen molar-refractivity contribution in [2.75, 3.05) is 12.3 Å². The van der Waals surface area contributed by atoms with E-state index in [4.69, 9.17) is 22.3 Å². The molecule has 0 saturated carbocycles. The Morgan fingerprint density at radius 2 is 2.14 bits per heavy atom. The van der Waals surface area contributed by atoms with Gasteiger partial charge in [0.05, 0.1) is 0 Å². The Morgan fingerprint density at radius 3 is 2.79 bits per heavy atom. The zero-order valence-corrected chi connectivity index (χ0v) is 15.8. The van der Waals surface area contributed by atoms with Gasteiger partial charge < -0.3 is 31.2 Å². The second kappa shape index (κ2) is 7.60. The van der Waals surface area contributed by atoms with Crippen molar-refractivity contribution in [1.82, 2.24) is 14.5 Å². The van der Waals surface area contributed by atoms with Gasteiger partial charge in [-0.3, -0.25) is 23.9 Å². The number of nitrogens with zero attached hydrogens (tertiary/aromatic N) is 2. The van der Waals surface area contributed by atoms with Crippen molar-refractivity contribution >= 4 is 33.6 Å². The molecular weight excluding hydrogens is 394 g/mol. The summed E-state index contributed by atoms with van der Waals surface area (Å²) in [4.78, 5) is 41.8. The lowest BCUT2D eigenvalue weighted by atomic mass is 10.1. The molecule has 1 fully saturated rings. The molecule has 1 unspecified atom stereocenters. The van der Waals surface area contributed by atoms with Gasteiger partial charge >= 0.3 is 10.8 Å². The number of carbonyl (C=O) groups excluding carboxylic acids is 1. The highest BCUT2D eigenvalue weighted by Gasteiger charge is 2.46. The summed E-state index contributed by atoms with van der Waals surface area (Å²) in [6.45, 7) is 2.41. The molecule has 0 spiro atoms. The third-order valence-electron chi connectivity index (χ3n) is 4.35. The summed E-state index contributed by atoms with van der Waals surface area (Å²) in [6, 6.07) is -1.23. The number of nitrogens with two attached hydrogens (primary N) is 2. The first-order valence-corrected chi connectivity index (χ1v) is 9.08. The Hall–Kier alpha value is -2.32. The summed E-state index contributed by atoms with van der Waals surface area (Å²) in [6.07, 6.45) is -5.64. The Balaban J connectivity index is 1.83. The number of fused-ring (bicyclic) bond motifs is 1. The molecular formula is C15H21N5O7S. The molecule has 0 aliphatic carbocycles. The molecule has 2 aromatic rings. The van der Waals surface area contributed by atoms with Crippen molar-refractivity contribution in [2.45, 2.75) is 44.4 Å². The van der Waals surface area contributed by atoms with E-state index in [1.807, 2.05) is 0 Å². The third kappa shape index (κ3) is 3.54. The fourth-order valence-electron chi connectivity index (χ4n) is 2.74. The van der Waals surface area contributed by atoms with E-state index in [-0.39, 0.29) is 16.3 Å². The Morgan fingerprint density at radius 1 is 1.46 bits per heavy atom. The SMILES string of the molecule is [2H]C(C)(C)[C@H](N)C(=O)OC[C@H]1OC(n2c(=O)sc3c(=O)[nH]c(N)nc32)[C@H](O)[C@@H]1O. The van der Waals surface area contributed by atoms with Crippen molar-refractivity contribution < 1.29 is 25.9 Å². The van der Waals surface area contributed by atoms with E-state index in [2.05, 4.69) is 9.97 Å². The number of ether oxygens (including phenoxy) is 2. The highest BCUT2D eigenvalue weighted by molar-refractivity contribution is 7.16. The number of nitrogens with one attached hydrogen (secondary N) is 1. The number of H-pyrrole nitrogens is 1. The molecule has 0 aromatic carbocycles. The minimum atomic E-state index is -1.57. The van der Waals surface area contributed by atoms with Crippen LogP contribution in [-0.4, -0.2) is 61.7 Å². The number of aliphatic hydroxyl groups excluding tert-OH is 2. The van der Waals surface area contributed by atoms with Crippen molar-refractivity contribution in [3.8, 4) is 0 Å². The van der Waals surface area contributed by atoms with E-state index in [0.29, 0.717) is 11.3 Å². The van der Waals surface area contributed by atoms with E-state index in [0.717, 1.165) is 4.57 Å². The third-order valence-corrected chi connectivity index (χ3v) is 5.29. The van der Waals surface area contributed by atoms with Crippen LogP contribution in [0.2, 0.25) is 0 Å². The molecule has 1 aliphatic rings. The van der Waals surface area contributed by atoms with Crippen LogP contribution in [-0.2, 0) is 14.3 Å². The number of aromatic nitrogens is 3. The molecule has 12 nitrogen and oxygen atoms in total. The lowest BCUT2D eigenvalue weighted by Gasteiger charge is -2.18. The fraction of sp³-hybridized carbons (Fsp3) is 0.600. The Bertz CT molecular complexity index is 1040. The van der Waals surface area contributed by atoms with E-state index < -0.39 is 59.5 Å². The Kier molecular flexibility index (Phi) is 5.16. The smallest absolute Gasteiger partial charge is 0.323 e. The van der Waals surface area contributed by atoms with E-state index >= 15 is 0 Å². The molecule has 3 heterocycles. The molecule has 3 rings (SSSR count). The quantitative estimate of drug-likeness (QED) is 0.336. The second-order valence-electron chi connectivity index (χ2n) is 6.57. The number of anilines is 1. The molecule has 28 heavy (non-hydrogen) atoms. The van der Waals surface area contributed by atoms with Gasteiger partial charge in [0, 0.05) is 1.37 Å². The van der Waals surface area contributed by atoms with Gasteiger partial charge in [-0.15, -0.1) is 0 Å².